The molecule has 0 amide bonds. The van der Waals surface area contributed by atoms with Gasteiger partial charge in [-0.15, -0.1) is 0 Å². The fraction of sp³-hybridized carbons (Fsp3) is 0.417. The van der Waals surface area contributed by atoms with E-state index >= 15 is 0 Å². The monoisotopic (exact) mass is 313 g/mol. The van der Waals surface area contributed by atoms with E-state index in [-0.39, 0.29) is 5.25 Å². The zero-order valence-corrected chi connectivity index (χ0v) is 11.5. The molecule has 0 aliphatic carbocycles. The first kappa shape index (κ1) is 16.7. The van der Waals surface area contributed by atoms with Crippen LogP contribution in [0.3, 0.4) is 0 Å². The van der Waals surface area contributed by atoms with E-state index in [0.717, 1.165) is 0 Å². The number of rotatable bonds is 6. The van der Waals surface area contributed by atoms with Crippen LogP contribution >= 0.6 is 11.8 Å². The minimum absolute atomic E-state index is 0.275. The number of halogens is 5. The standard InChI is InChI=1S/C12H12F5NOS/c1-6(20-2)3-4-18-19-5-7-8(13)10(15)12(17)11(16)9(7)14/h4,6H,3,5H2,1-2H3/b18-4+. The highest BCUT2D eigenvalue weighted by atomic mass is 32.2. The minimum Gasteiger partial charge on any atom is -0.391 e. The van der Waals surface area contributed by atoms with Crippen LogP contribution in [0, 0.1) is 29.1 Å². The second-order valence-corrected chi connectivity index (χ2v) is 5.17. The molecule has 2 nitrogen and oxygen atoms in total. The van der Waals surface area contributed by atoms with E-state index < -0.39 is 41.3 Å². The summed E-state index contributed by atoms with van der Waals surface area (Å²) >= 11 is 1.58. The summed E-state index contributed by atoms with van der Waals surface area (Å²) in [5, 5.41) is 3.68. The topological polar surface area (TPSA) is 21.6 Å². The van der Waals surface area contributed by atoms with Gasteiger partial charge in [-0.05, 0) is 12.7 Å². The lowest BCUT2D eigenvalue weighted by Crippen LogP contribution is -2.07. The summed E-state index contributed by atoms with van der Waals surface area (Å²) in [5.41, 5.74) is -1.04. The van der Waals surface area contributed by atoms with Crippen molar-refractivity contribution < 1.29 is 26.8 Å². The van der Waals surface area contributed by atoms with E-state index in [1.54, 1.807) is 11.8 Å². The third-order valence-corrected chi connectivity index (χ3v) is 3.50. The molecule has 0 saturated carbocycles. The Morgan fingerprint density at radius 1 is 1.05 bits per heavy atom. The number of benzene rings is 1. The number of hydrogen-bond donors (Lipinski definition) is 0. The van der Waals surface area contributed by atoms with Crippen LogP contribution in [0.25, 0.3) is 0 Å². The SMILES string of the molecule is CSC(C)C/C=N/OCc1c(F)c(F)c(F)c(F)c1F. The average Bonchev–Trinajstić information content (AvgIpc) is 2.45. The third-order valence-electron chi connectivity index (χ3n) is 2.50. The molecule has 1 aromatic rings. The molecule has 0 saturated heterocycles. The van der Waals surface area contributed by atoms with Crippen LogP contribution in [0.1, 0.15) is 18.9 Å². The van der Waals surface area contributed by atoms with Gasteiger partial charge in [-0.25, -0.2) is 22.0 Å². The molecule has 112 valence electrons. The molecule has 0 heterocycles. The van der Waals surface area contributed by atoms with E-state index in [2.05, 4.69) is 9.99 Å². The fourth-order valence-electron chi connectivity index (χ4n) is 1.22. The second-order valence-electron chi connectivity index (χ2n) is 3.89. The molecule has 0 fully saturated rings. The maximum absolute atomic E-state index is 13.2. The van der Waals surface area contributed by atoms with E-state index in [1.165, 1.54) is 6.21 Å². The molecular weight excluding hydrogens is 301 g/mol. The van der Waals surface area contributed by atoms with Gasteiger partial charge in [0.2, 0.25) is 5.82 Å². The summed E-state index contributed by atoms with van der Waals surface area (Å²) in [6.07, 6.45) is 3.82. The second kappa shape index (κ2) is 7.47. The van der Waals surface area contributed by atoms with Crippen molar-refractivity contribution in [3.8, 4) is 0 Å². The fourth-order valence-corrected chi connectivity index (χ4v) is 1.50. The normalized spacial score (nSPS) is 12.9. The van der Waals surface area contributed by atoms with Gasteiger partial charge in [-0.1, -0.05) is 12.1 Å². The Balaban J connectivity index is 2.74. The highest BCUT2D eigenvalue weighted by Gasteiger charge is 2.25. The Labute approximate surface area is 117 Å². The predicted octanol–water partition coefficient (Wildman–Crippen LogP) is 4.03. The summed E-state index contributed by atoms with van der Waals surface area (Å²) in [5.74, 6) is -10.0. The van der Waals surface area contributed by atoms with Crippen molar-refractivity contribution in [3.63, 3.8) is 0 Å². The van der Waals surface area contributed by atoms with Gasteiger partial charge in [0.05, 0.1) is 5.56 Å². The Morgan fingerprint density at radius 2 is 1.55 bits per heavy atom. The quantitative estimate of drug-likeness (QED) is 0.260. The van der Waals surface area contributed by atoms with E-state index in [4.69, 9.17) is 0 Å². The van der Waals surface area contributed by atoms with Gasteiger partial charge in [-0.2, -0.15) is 11.8 Å². The lowest BCUT2D eigenvalue weighted by Gasteiger charge is -2.07. The van der Waals surface area contributed by atoms with Crippen molar-refractivity contribution in [2.45, 2.75) is 25.2 Å². The summed E-state index contributed by atoms with van der Waals surface area (Å²) in [4.78, 5) is 4.55. The molecule has 0 aliphatic heterocycles. The first-order valence-corrected chi connectivity index (χ1v) is 6.85. The third kappa shape index (κ3) is 3.84. The number of thioether (sulfide) groups is 1. The van der Waals surface area contributed by atoms with Crippen LogP contribution in [0.4, 0.5) is 22.0 Å². The number of nitrogens with zero attached hydrogens (tertiary/aromatic N) is 1. The lowest BCUT2D eigenvalue weighted by molar-refractivity contribution is 0.124. The molecule has 0 N–H and O–H groups in total. The van der Waals surface area contributed by atoms with Crippen LogP contribution in [0.5, 0.6) is 0 Å². The van der Waals surface area contributed by atoms with Crippen LogP contribution in [-0.2, 0) is 11.4 Å². The molecule has 0 aromatic heterocycles. The summed E-state index contributed by atoms with van der Waals surface area (Å²) in [7, 11) is 0. The van der Waals surface area contributed by atoms with Gasteiger partial charge in [0.15, 0.2) is 23.3 Å². The molecule has 8 heteroatoms. The minimum atomic E-state index is -2.19. The van der Waals surface area contributed by atoms with Gasteiger partial charge in [0.25, 0.3) is 0 Å². The van der Waals surface area contributed by atoms with Crippen molar-refractivity contribution in [1.29, 1.82) is 0 Å². The molecule has 1 unspecified atom stereocenters. The van der Waals surface area contributed by atoms with Gasteiger partial charge in [0, 0.05) is 11.5 Å². The van der Waals surface area contributed by atoms with Crippen molar-refractivity contribution in [3.05, 3.63) is 34.6 Å². The summed E-state index contributed by atoms with van der Waals surface area (Å²) in [6.45, 7) is 1.09. The summed E-state index contributed by atoms with van der Waals surface area (Å²) < 4.78 is 65.0. The summed E-state index contributed by atoms with van der Waals surface area (Å²) in [6, 6.07) is 0. The molecule has 20 heavy (non-hydrogen) atoms. The molecule has 0 aliphatic rings. The smallest absolute Gasteiger partial charge is 0.200 e. The Bertz CT molecular complexity index is 480. The highest BCUT2D eigenvalue weighted by molar-refractivity contribution is 7.99. The highest BCUT2D eigenvalue weighted by Crippen LogP contribution is 2.23. The molecular formula is C12H12F5NOS. The molecule has 0 radical (unpaired) electrons. The lowest BCUT2D eigenvalue weighted by atomic mass is 10.2. The van der Waals surface area contributed by atoms with Crippen molar-refractivity contribution in [1.82, 2.24) is 0 Å². The zero-order chi connectivity index (χ0) is 15.3. The number of oxime groups is 1. The van der Waals surface area contributed by atoms with Crippen molar-refractivity contribution >= 4 is 18.0 Å². The predicted molar refractivity (Wildman–Crippen MR) is 67.1 cm³/mol. The molecule has 1 aromatic carbocycles. The van der Waals surface area contributed by atoms with E-state index in [9.17, 15) is 22.0 Å². The van der Waals surface area contributed by atoms with Crippen LogP contribution in [0.2, 0.25) is 0 Å². The number of hydrogen-bond acceptors (Lipinski definition) is 3. The maximum atomic E-state index is 13.2. The van der Waals surface area contributed by atoms with Crippen LogP contribution in [-0.4, -0.2) is 17.7 Å². The molecule has 0 bridgehead atoms. The van der Waals surface area contributed by atoms with E-state index in [1.807, 2.05) is 13.2 Å². The average molecular weight is 313 g/mol. The zero-order valence-electron chi connectivity index (χ0n) is 10.7. The first-order chi connectivity index (χ1) is 9.40. The van der Waals surface area contributed by atoms with Crippen LogP contribution in [0.15, 0.2) is 5.16 Å². The van der Waals surface area contributed by atoms with Gasteiger partial charge in [-0.3, -0.25) is 0 Å². The van der Waals surface area contributed by atoms with Crippen LogP contribution < -0.4 is 0 Å². The van der Waals surface area contributed by atoms with Gasteiger partial charge < -0.3 is 4.84 Å². The Kier molecular flexibility index (Phi) is 6.25. The van der Waals surface area contributed by atoms with Crippen molar-refractivity contribution in [2.24, 2.45) is 5.16 Å². The van der Waals surface area contributed by atoms with Gasteiger partial charge in [0.1, 0.15) is 6.61 Å². The molecule has 1 atom stereocenters. The molecule has 1 rings (SSSR count). The first-order valence-electron chi connectivity index (χ1n) is 5.57. The Morgan fingerprint density at radius 3 is 2.05 bits per heavy atom. The van der Waals surface area contributed by atoms with E-state index in [0.29, 0.717) is 6.42 Å². The molecule has 0 spiro atoms. The van der Waals surface area contributed by atoms with Gasteiger partial charge >= 0.3 is 0 Å². The van der Waals surface area contributed by atoms with Crippen molar-refractivity contribution in [2.75, 3.05) is 6.26 Å². The largest absolute Gasteiger partial charge is 0.391 e. The maximum Gasteiger partial charge on any atom is 0.200 e. The Hall–Kier alpha value is -1.31.